The van der Waals surface area contributed by atoms with Crippen LogP contribution in [0.4, 0.5) is 10.1 Å². The Hall–Kier alpha value is -2.11. The molecule has 6 heteroatoms. The average Bonchev–Trinajstić information content (AvgIpc) is 2.60. The van der Waals surface area contributed by atoms with Crippen molar-refractivity contribution in [2.45, 2.75) is 31.8 Å². The number of nitrogens with zero attached hydrogens (tertiary/aromatic N) is 1. The molecule has 1 atom stereocenters. The van der Waals surface area contributed by atoms with E-state index in [1.54, 1.807) is 18.2 Å². The molecule has 138 valence electrons. The van der Waals surface area contributed by atoms with Gasteiger partial charge >= 0.3 is 0 Å². The lowest BCUT2D eigenvalue weighted by Crippen LogP contribution is -2.47. The molecule has 1 aliphatic rings. The minimum absolute atomic E-state index is 0.0152. The summed E-state index contributed by atoms with van der Waals surface area (Å²) in [4.78, 5) is 14.5. The van der Waals surface area contributed by atoms with Crippen molar-refractivity contribution in [3.8, 4) is 0 Å². The Kier molecular flexibility index (Phi) is 6.12. The van der Waals surface area contributed by atoms with Crippen LogP contribution in [0, 0.1) is 5.82 Å². The molecule has 2 aromatic rings. The fourth-order valence-electron chi connectivity index (χ4n) is 3.31. The summed E-state index contributed by atoms with van der Waals surface area (Å²) in [7, 11) is 0. The number of nitrogens with one attached hydrogen (secondary N) is 1. The second-order valence-electron chi connectivity index (χ2n) is 6.80. The SMILES string of the molecule is Nc1ccc(CC(=O)NC2CCCN(Cc3ccc(F)cc3Cl)C2)cc1. The van der Waals surface area contributed by atoms with Crippen LogP contribution in [-0.4, -0.2) is 29.9 Å². The molecule has 1 aliphatic heterocycles. The van der Waals surface area contributed by atoms with Crippen LogP contribution in [0.25, 0.3) is 0 Å². The molecule has 0 radical (unpaired) electrons. The summed E-state index contributed by atoms with van der Waals surface area (Å²) in [5.74, 6) is -0.313. The first kappa shape index (κ1) is 18.7. The van der Waals surface area contributed by atoms with E-state index in [0.29, 0.717) is 23.7 Å². The molecule has 1 heterocycles. The van der Waals surface area contributed by atoms with E-state index in [9.17, 15) is 9.18 Å². The lowest BCUT2D eigenvalue weighted by Gasteiger charge is -2.33. The average molecular weight is 376 g/mol. The van der Waals surface area contributed by atoms with Gasteiger partial charge in [-0.2, -0.15) is 0 Å². The van der Waals surface area contributed by atoms with E-state index in [0.717, 1.165) is 37.1 Å². The molecule has 0 bridgehead atoms. The molecule has 0 aliphatic carbocycles. The minimum Gasteiger partial charge on any atom is -0.399 e. The zero-order chi connectivity index (χ0) is 18.5. The maximum Gasteiger partial charge on any atom is 0.224 e. The predicted octanol–water partition coefficient (Wildman–Crippen LogP) is 3.38. The number of nitrogens with two attached hydrogens (primary N) is 1. The van der Waals surface area contributed by atoms with Gasteiger partial charge in [0.25, 0.3) is 0 Å². The zero-order valence-corrected chi connectivity index (χ0v) is 15.3. The van der Waals surface area contributed by atoms with Crippen molar-refractivity contribution in [3.63, 3.8) is 0 Å². The van der Waals surface area contributed by atoms with Gasteiger partial charge in [-0.05, 0) is 54.8 Å². The second kappa shape index (κ2) is 8.52. The molecule has 2 aromatic carbocycles. The number of likely N-dealkylation sites (tertiary alicyclic amines) is 1. The monoisotopic (exact) mass is 375 g/mol. The van der Waals surface area contributed by atoms with E-state index in [-0.39, 0.29) is 17.8 Å². The number of carbonyl (C=O) groups is 1. The molecular weight excluding hydrogens is 353 g/mol. The van der Waals surface area contributed by atoms with Crippen molar-refractivity contribution < 1.29 is 9.18 Å². The van der Waals surface area contributed by atoms with Crippen LogP contribution in [0.15, 0.2) is 42.5 Å². The zero-order valence-electron chi connectivity index (χ0n) is 14.6. The van der Waals surface area contributed by atoms with Crippen LogP contribution < -0.4 is 11.1 Å². The summed E-state index contributed by atoms with van der Waals surface area (Å²) < 4.78 is 13.2. The summed E-state index contributed by atoms with van der Waals surface area (Å²) in [5, 5.41) is 3.56. The van der Waals surface area contributed by atoms with Crippen molar-refractivity contribution in [1.82, 2.24) is 10.2 Å². The Morgan fingerprint density at radius 1 is 1.27 bits per heavy atom. The molecule has 1 saturated heterocycles. The standard InChI is InChI=1S/C20H23ClFN3O/c21-19-11-16(22)6-5-15(19)12-25-9-1-2-18(13-25)24-20(26)10-14-3-7-17(23)8-4-14/h3-8,11,18H,1-2,9-10,12-13,23H2,(H,24,26). The van der Waals surface area contributed by atoms with E-state index in [4.69, 9.17) is 17.3 Å². The third-order valence-corrected chi connectivity index (χ3v) is 4.98. The van der Waals surface area contributed by atoms with Gasteiger partial charge in [0.2, 0.25) is 5.91 Å². The smallest absolute Gasteiger partial charge is 0.224 e. The molecule has 1 fully saturated rings. The molecule has 4 nitrogen and oxygen atoms in total. The van der Waals surface area contributed by atoms with Gasteiger partial charge in [-0.15, -0.1) is 0 Å². The molecule has 3 N–H and O–H groups in total. The highest BCUT2D eigenvalue weighted by atomic mass is 35.5. The molecule has 1 amide bonds. The summed E-state index contributed by atoms with van der Waals surface area (Å²) in [6.45, 7) is 2.36. The summed E-state index contributed by atoms with van der Waals surface area (Å²) in [5.41, 5.74) is 8.21. The van der Waals surface area contributed by atoms with Crippen LogP contribution in [0.3, 0.4) is 0 Å². The van der Waals surface area contributed by atoms with E-state index < -0.39 is 0 Å². The number of halogens is 2. The Morgan fingerprint density at radius 2 is 2.04 bits per heavy atom. The first-order chi connectivity index (χ1) is 12.5. The first-order valence-electron chi connectivity index (χ1n) is 8.79. The summed E-state index contributed by atoms with van der Waals surface area (Å²) in [6, 6.07) is 12.0. The van der Waals surface area contributed by atoms with Crippen LogP contribution in [0.5, 0.6) is 0 Å². The number of nitrogen functional groups attached to an aromatic ring is 1. The fraction of sp³-hybridized carbons (Fsp3) is 0.350. The number of hydrogen-bond donors (Lipinski definition) is 2. The Bertz CT molecular complexity index is 766. The van der Waals surface area contributed by atoms with Crippen molar-refractivity contribution in [1.29, 1.82) is 0 Å². The Balaban J connectivity index is 1.53. The number of amides is 1. The number of anilines is 1. The van der Waals surface area contributed by atoms with Crippen LogP contribution >= 0.6 is 11.6 Å². The number of piperidine rings is 1. The maximum absolute atomic E-state index is 13.2. The van der Waals surface area contributed by atoms with Crippen molar-refractivity contribution >= 4 is 23.2 Å². The number of hydrogen-bond acceptors (Lipinski definition) is 3. The number of benzene rings is 2. The van der Waals surface area contributed by atoms with Gasteiger partial charge in [0.1, 0.15) is 5.82 Å². The quantitative estimate of drug-likeness (QED) is 0.787. The topological polar surface area (TPSA) is 58.4 Å². The molecular formula is C20H23ClFN3O. The molecule has 1 unspecified atom stereocenters. The van der Waals surface area contributed by atoms with Crippen molar-refractivity contribution in [2.75, 3.05) is 18.8 Å². The summed E-state index contributed by atoms with van der Waals surface area (Å²) in [6.07, 6.45) is 2.31. The van der Waals surface area contributed by atoms with Crippen LogP contribution in [-0.2, 0) is 17.8 Å². The van der Waals surface area contributed by atoms with Crippen molar-refractivity contribution in [2.24, 2.45) is 0 Å². The van der Waals surface area contributed by atoms with Gasteiger partial charge in [0.15, 0.2) is 0 Å². The van der Waals surface area contributed by atoms with E-state index >= 15 is 0 Å². The second-order valence-corrected chi connectivity index (χ2v) is 7.20. The lowest BCUT2D eigenvalue weighted by molar-refractivity contribution is -0.121. The number of carbonyl (C=O) groups excluding carboxylic acids is 1. The minimum atomic E-state index is -0.329. The van der Waals surface area contributed by atoms with Crippen LogP contribution in [0.1, 0.15) is 24.0 Å². The van der Waals surface area contributed by atoms with E-state index in [1.165, 1.54) is 12.1 Å². The molecule has 0 saturated carbocycles. The Labute approximate surface area is 158 Å². The largest absolute Gasteiger partial charge is 0.399 e. The molecule has 26 heavy (non-hydrogen) atoms. The Morgan fingerprint density at radius 3 is 2.77 bits per heavy atom. The molecule has 0 spiro atoms. The lowest BCUT2D eigenvalue weighted by atomic mass is 10.0. The van der Waals surface area contributed by atoms with Gasteiger partial charge in [0, 0.05) is 29.8 Å². The van der Waals surface area contributed by atoms with Gasteiger partial charge in [-0.1, -0.05) is 29.8 Å². The highest BCUT2D eigenvalue weighted by Gasteiger charge is 2.22. The van der Waals surface area contributed by atoms with Crippen LogP contribution in [0.2, 0.25) is 5.02 Å². The highest BCUT2D eigenvalue weighted by Crippen LogP contribution is 2.21. The predicted molar refractivity (Wildman–Crippen MR) is 102 cm³/mol. The van der Waals surface area contributed by atoms with Gasteiger partial charge in [-0.25, -0.2) is 4.39 Å². The number of rotatable bonds is 5. The summed E-state index contributed by atoms with van der Waals surface area (Å²) >= 11 is 6.13. The normalized spacial score (nSPS) is 17.8. The molecule has 3 rings (SSSR count). The van der Waals surface area contributed by atoms with E-state index in [2.05, 4.69) is 10.2 Å². The molecule has 0 aromatic heterocycles. The van der Waals surface area contributed by atoms with E-state index in [1.807, 2.05) is 12.1 Å². The third-order valence-electron chi connectivity index (χ3n) is 4.62. The van der Waals surface area contributed by atoms with Crippen molar-refractivity contribution in [3.05, 3.63) is 64.4 Å². The van der Waals surface area contributed by atoms with Gasteiger partial charge < -0.3 is 11.1 Å². The highest BCUT2D eigenvalue weighted by molar-refractivity contribution is 6.31. The van der Waals surface area contributed by atoms with Gasteiger partial charge in [-0.3, -0.25) is 9.69 Å². The fourth-order valence-corrected chi connectivity index (χ4v) is 3.53. The van der Waals surface area contributed by atoms with Gasteiger partial charge in [0.05, 0.1) is 6.42 Å². The third kappa shape index (κ3) is 5.19. The maximum atomic E-state index is 13.2. The first-order valence-corrected chi connectivity index (χ1v) is 9.17.